The summed E-state index contributed by atoms with van der Waals surface area (Å²) in [6.45, 7) is 0.896. The number of rotatable bonds is 3. The maximum Gasteiger partial charge on any atom is 0.237 e. The summed E-state index contributed by atoms with van der Waals surface area (Å²) in [5.74, 6) is 0. The summed E-state index contributed by atoms with van der Waals surface area (Å²) >= 11 is 0. The van der Waals surface area contributed by atoms with E-state index in [4.69, 9.17) is 10.5 Å². The number of hydrazone groups is 1. The van der Waals surface area contributed by atoms with Gasteiger partial charge in [0.1, 0.15) is 12.1 Å². The fourth-order valence-corrected chi connectivity index (χ4v) is 2.61. The van der Waals surface area contributed by atoms with E-state index in [2.05, 4.69) is 33.3 Å². The molecule has 1 heterocycles. The summed E-state index contributed by atoms with van der Waals surface area (Å²) in [6.07, 6.45) is 0.965. The molecule has 1 atom stereocenters. The zero-order chi connectivity index (χ0) is 16.8. The Morgan fingerprint density at radius 1 is 1.04 bits per heavy atom. The predicted molar refractivity (Wildman–Crippen MR) is 94.6 cm³/mol. The Balaban J connectivity index is 1.73. The Morgan fingerprint density at radius 3 is 2.46 bits per heavy atom. The van der Waals surface area contributed by atoms with Crippen LogP contribution >= 0.6 is 0 Å². The molecule has 3 rings (SSSR count). The molecule has 6 nitrogen and oxygen atoms in total. The van der Waals surface area contributed by atoms with Crippen LogP contribution in [0.2, 0.25) is 0 Å². The molecule has 2 aromatic carbocycles. The van der Waals surface area contributed by atoms with Crippen molar-refractivity contribution in [3.05, 3.63) is 54.1 Å². The topological polar surface area (TPSA) is 96.0 Å². The molecule has 6 heteroatoms. The highest BCUT2D eigenvalue weighted by molar-refractivity contribution is 6.10. The van der Waals surface area contributed by atoms with Crippen molar-refractivity contribution in [2.24, 2.45) is 5.10 Å². The van der Waals surface area contributed by atoms with Gasteiger partial charge in [0.2, 0.25) is 5.71 Å². The van der Waals surface area contributed by atoms with Crippen LogP contribution in [-0.2, 0) is 0 Å². The molecule has 2 aromatic rings. The van der Waals surface area contributed by atoms with Gasteiger partial charge in [-0.3, -0.25) is 5.43 Å². The van der Waals surface area contributed by atoms with Crippen molar-refractivity contribution in [1.29, 1.82) is 10.5 Å². The van der Waals surface area contributed by atoms with Gasteiger partial charge >= 0.3 is 0 Å². The van der Waals surface area contributed by atoms with Gasteiger partial charge in [-0.25, -0.2) is 0 Å². The SMILES string of the molecule is N#CC(C#N)=NNc1ccc(C2CCNc3ccccc3N2)cc1. The van der Waals surface area contributed by atoms with Gasteiger partial charge in [-0.2, -0.15) is 15.6 Å². The lowest BCUT2D eigenvalue weighted by Gasteiger charge is -2.18. The largest absolute Gasteiger partial charge is 0.383 e. The van der Waals surface area contributed by atoms with Gasteiger partial charge in [-0.15, -0.1) is 0 Å². The molecule has 0 saturated carbocycles. The first-order valence-electron chi connectivity index (χ1n) is 7.63. The van der Waals surface area contributed by atoms with E-state index in [1.54, 1.807) is 12.1 Å². The molecule has 118 valence electrons. The highest BCUT2D eigenvalue weighted by Gasteiger charge is 2.16. The minimum Gasteiger partial charge on any atom is -0.383 e. The maximum absolute atomic E-state index is 8.67. The van der Waals surface area contributed by atoms with Gasteiger partial charge in [-0.1, -0.05) is 24.3 Å². The fourth-order valence-electron chi connectivity index (χ4n) is 2.61. The number of nitrogens with one attached hydrogen (secondary N) is 3. The van der Waals surface area contributed by atoms with Gasteiger partial charge in [0.05, 0.1) is 23.1 Å². The summed E-state index contributed by atoms with van der Waals surface area (Å²) in [5, 5.41) is 28.1. The number of fused-ring (bicyclic) bond motifs is 1. The molecule has 24 heavy (non-hydrogen) atoms. The van der Waals surface area contributed by atoms with E-state index in [1.807, 2.05) is 36.4 Å². The third kappa shape index (κ3) is 3.45. The van der Waals surface area contributed by atoms with Crippen molar-refractivity contribution >= 4 is 22.8 Å². The number of nitriles is 2. The number of benzene rings is 2. The number of anilines is 3. The molecular weight excluding hydrogens is 300 g/mol. The van der Waals surface area contributed by atoms with Crippen molar-refractivity contribution < 1.29 is 0 Å². The maximum atomic E-state index is 8.67. The zero-order valence-electron chi connectivity index (χ0n) is 13.0. The number of nitrogens with zero attached hydrogens (tertiary/aromatic N) is 3. The summed E-state index contributed by atoms with van der Waals surface area (Å²) < 4.78 is 0. The van der Waals surface area contributed by atoms with Crippen LogP contribution in [0.4, 0.5) is 17.1 Å². The van der Waals surface area contributed by atoms with Crippen LogP contribution in [0.1, 0.15) is 18.0 Å². The molecule has 1 aliphatic rings. The molecule has 0 saturated heterocycles. The van der Waals surface area contributed by atoms with Crippen LogP contribution in [0.3, 0.4) is 0 Å². The summed E-state index contributed by atoms with van der Waals surface area (Å²) in [6, 6.07) is 19.6. The zero-order valence-corrected chi connectivity index (χ0v) is 13.0. The van der Waals surface area contributed by atoms with E-state index in [0.717, 1.165) is 30.0 Å². The van der Waals surface area contributed by atoms with Crippen LogP contribution in [0.15, 0.2) is 53.6 Å². The van der Waals surface area contributed by atoms with Crippen LogP contribution in [0.5, 0.6) is 0 Å². The summed E-state index contributed by atoms with van der Waals surface area (Å²) in [5.41, 5.74) is 6.63. The standard InChI is InChI=1S/C18H16N6/c19-11-15(12-20)24-23-14-7-5-13(6-8-14)16-9-10-21-17-3-1-2-4-18(17)22-16/h1-8,16,21-23H,9-10H2. The average molecular weight is 316 g/mol. The minimum atomic E-state index is -0.202. The quantitative estimate of drug-likeness (QED) is 0.595. The van der Waals surface area contributed by atoms with Crippen LogP contribution in [-0.4, -0.2) is 12.3 Å². The normalized spacial score (nSPS) is 15.3. The summed E-state index contributed by atoms with van der Waals surface area (Å²) in [4.78, 5) is 0. The van der Waals surface area contributed by atoms with Crippen molar-refractivity contribution in [2.45, 2.75) is 12.5 Å². The van der Waals surface area contributed by atoms with E-state index in [9.17, 15) is 0 Å². The molecule has 3 N–H and O–H groups in total. The Morgan fingerprint density at radius 2 is 1.75 bits per heavy atom. The monoisotopic (exact) mass is 316 g/mol. The first kappa shape index (κ1) is 15.4. The van der Waals surface area contributed by atoms with Crippen molar-refractivity contribution in [1.82, 2.24) is 0 Å². The second kappa shape index (κ2) is 7.17. The third-order valence-electron chi connectivity index (χ3n) is 3.83. The van der Waals surface area contributed by atoms with Crippen LogP contribution in [0.25, 0.3) is 0 Å². The Kier molecular flexibility index (Phi) is 4.60. The average Bonchev–Trinajstić information content (AvgIpc) is 2.85. The highest BCUT2D eigenvalue weighted by Crippen LogP contribution is 2.31. The number of hydrogen-bond acceptors (Lipinski definition) is 6. The molecule has 0 aromatic heterocycles. The van der Waals surface area contributed by atoms with Gasteiger partial charge in [0.15, 0.2) is 0 Å². The van der Waals surface area contributed by atoms with E-state index >= 15 is 0 Å². The van der Waals surface area contributed by atoms with Gasteiger partial charge in [0.25, 0.3) is 0 Å². The first-order chi connectivity index (χ1) is 11.8. The number of hydrogen-bond donors (Lipinski definition) is 3. The second-order valence-electron chi connectivity index (χ2n) is 5.38. The molecule has 1 unspecified atom stereocenters. The first-order valence-corrected chi connectivity index (χ1v) is 7.63. The van der Waals surface area contributed by atoms with Gasteiger partial charge < -0.3 is 10.6 Å². The number of para-hydroxylation sites is 2. The lowest BCUT2D eigenvalue weighted by atomic mass is 10.0. The Bertz CT molecular complexity index is 810. The molecule has 0 aliphatic carbocycles. The smallest absolute Gasteiger partial charge is 0.237 e. The van der Waals surface area contributed by atoms with Gasteiger partial charge in [0, 0.05) is 6.54 Å². The summed E-state index contributed by atoms with van der Waals surface area (Å²) in [7, 11) is 0. The molecule has 0 amide bonds. The fraction of sp³-hybridized carbons (Fsp3) is 0.167. The molecule has 1 aliphatic heterocycles. The molecule has 0 radical (unpaired) electrons. The predicted octanol–water partition coefficient (Wildman–Crippen LogP) is 3.47. The van der Waals surface area contributed by atoms with Gasteiger partial charge in [-0.05, 0) is 36.2 Å². The Hall–Kier alpha value is -3.51. The molecule has 0 spiro atoms. The van der Waals surface area contributed by atoms with Crippen LogP contribution < -0.4 is 16.1 Å². The third-order valence-corrected chi connectivity index (χ3v) is 3.83. The minimum absolute atomic E-state index is 0.202. The lowest BCUT2D eigenvalue weighted by Crippen LogP contribution is -2.11. The molecule has 0 fully saturated rings. The van der Waals surface area contributed by atoms with Crippen LogP contribution in [0, 0.1) is 22.7 Å². The van der Waals surface area contributed by atoms with Crippen molar-refractivity contribution in [2.75, 3.05) is 22.6 Å². The Labute approximate surface area is 140 Å². The van der Waals surface area contributed by atoms with E-state index < -0.39 is 0 Å². The van der Waals surface area contributed by atoms with E-state index in [-0.39, 0.29) is 11.8 Å². The lowest BCUT2D eigenvalue weighted by molar-refractivity contribution is 0.732. The molecule has 0 bridgehead atoms. The highest BCUT2D eigenvalue weighted by atomic mass is 15.3. The van der Waals surface area contributed by atoms with Crippen molar-refractivity contribution in [3.8, 4) is 12.1 Å². The van der Waals surface area contributed by atoms with E-state index in [0.29, 0.717) is 0 Å². The molecular formula is C18H16N6. The second-order valence-corrected chi connectivity index (χ2v) is 5.38. The van der Waals surface area contributed by atoms with Crippen molar-refractivity contribution in [3.63, 3.8) is 0 Å². The van der Waals surface area contributed by atoms with E-state index in [1.165, 1.54) is 5.56 Å².